The first-order valence-electron chi connectivity index (χ1n) is 8.86. The van der Waals surface area contributed by atoms with Crippen LogP contribution in [-0.4, -0.2) is 9.55 Å². The van der Waals surface area contributed by atoms with Gasteiger partial charge in [0.1, 0.15) is 18.0 Å². The van der Waals surface area contributed by atoms with Gasteiger partial charge < -0.3 is 10.3 Å². The van der Waals surface area contributed by atoms with Gasteiger partial charge in [-0.1, -0.05) is 18.6 Å². The summed E-state index contributed by atoms with van der Waals surface area (Å²) in [5.74, 6) is 0.747. The van der Waals surface area contributed by atoms with E-state index in [1.165, 1.54) is 0 Å². The number of hydrogen-bond donors (Lipinski definition) is 1. The van der Waals surface area contributed by atoms with Crippen molar-refractivity contribution < 1.29 is 0 Å². The van der Waals surface area contributed by atoms with E-state index in [4.69, 9.17) is 10.7 Å². The number of benzene rings is 2. The van der Waals surface area contributed by atoms with E-state index in [2.05, 4.69) is 12.1 Å². The molecule has 1 heterocycles. The van der Waals surface area contributed by atoms with E-state index in [1.807, 2.05) is 35.9 Å². The van der Waals surface area contributed by atoms with Gasteiger partial charge in [-0.05, 0) is 48.9 Å². The zero-order valence-electron chi connectivity index (χ0n) is 14.7. The van der Waals surface area contributed by atoms with Crippen molar-refractivity contribution in [1.29, 1.82) is 10.5 Å². The van der Waals surface area contributed by atoms with Crippen molar-refractivity contribution >= 4 is 16.7 Å². The van der Waals surface area contributed by atoms with Gasteiger partial charge in [-0.2, -0.15) is 10.5 Å². The Hall–Kier alpha value is -3.31. The quantitative estimate of drug-likeness (QED) is 0.538. The van der Waals surface area contributed by atoms with Gasteiger partial charge in [-0.15, -0.1) is 0 Å². The first-order valence-corrected chi connectivity index (χ1v) is 8.86. The smallest absolute Gasteiger partial charge is 0.142 e. The summed E-state index contributed by atoms with van der Waals surface area (Å²) in [6.07, 6.45) is 4.87. The molecule has 1 aliphatic carbocycles. The second kappa shape index (κ2) is 6.20. The number of para-hydroxylation sites is 2. The highest BCUT2D eigenvalue weighted by Gasteiger charge is 2.27. The zero-order valence-corrected chi connectivity index (χ0v) is 14.7. The molecule has 0 saturated heterocycles. The first-order chi connectivity index (χ1) is 12.7. The Bertz CT molecular complexity index is 1110. The van der Waals surface area contributed by atoms with Crippen molar-refractivity contribution in [3.8, 4) is 23.5 Å². The Morgan fingerprint density at radius 1 is 1.00 bits per heavy atom. The minimum Gasteiger partial charge on any atom is -0.397 e. The van der Waals surface area contributed by atoms with E-state index >= 15 is 0 Å². The van der Waals surface area contributed by atoms with Crippen molar-refractivity contribution in [3.63, 3.8) is 0 Å². The van der Waals surface area contributed by atoms with Crippen LogP contribution >= 0.6 is 0 Å². The zero-order chi connectivity index (χ0) is 18.3. The fourth-order valence-electron chi connectivity index (χ4n) is 4.07. The topological polar surface area (TPSA) is 91.4 Å². The highest BCUT2D eigenvalue weighted by Crippen LogP contribution is 2.40. The minimum absolute atomic E-state index is 0.290. The van der Waals surface area contributed by atoms with Crippen LogP contribution in [0.3, 0.4) is 0 Å². The van der Waals surface area contributed by atoms with Gasteiger partial charge in [0.15, 0.2) is 0 Å². The summed E-state index contributed by atoms with van der Waals surface area (Å²) in [5, 5.41) is 19.5. The van der Waals surface area contributed by atoms with Gasteiger partial charge in [0.05, 0.1) is 27.8 Å². The highest BCUT2D eigenvalue weighted by molar-refractivity contribution is 5.87. The van der Waals surface area contributed by atoms with Gasteiger partial charge >= 0.3 is 0 Å². The van der Waals surface area contributed by atoms with Crippen molar-refractivity contribution in [2.75, 3.05) is 5.73 Å². The number of aromatic nitrogens is 2. The third-order valence-corrected chi connectivity index (χ3v) is 5.34. The van der Waals surface area contributed by atoms with Crippen LogP contribution < -0.4 is 5.73 Å². The second-order valence-corrected chi connectivity index (χ2v) is 6.76. The summed E-state index contributed by atoms with van der Waals surface area (Å²) in [5.41, 5.74) is 12.2. The van der Waals surface area contributed by atoms with Gasteiger partial charge in [-0.25, -0.2) is 4.98 Å². The SMILES string of the molecule is Cn1c(-c2c(C#N)c(N)c(C#N)c3c2CCCCC3)nc2ccccc21. The maximum Gasteiger partial charge on any atom is 0.142 e. The molecule has 1 aromatic heterocycles. The molecule has 0 spiro atoms. The first kappa shape index (κ1) is 16.2. The molecular weight excluding hydrogens is 322 g/mol. The summed E-state index contributed by atoms with van der Waals surface area (Å²) >= 11 is 0. The van der Waals surface area contributed by atoms with Crippen LogP contribution in [0.5, 0.6) is 0 Å². The van der Waals surface area contributed by atoms with Crippen molar-refractivity contribution in [1.82, 2.24) is 9.55 Å². The van der Waals surface area contributed by atoms with E-state index in [1.54, 1.807) is 0 Å². The standard InChI is InChI=1S/C21H19N5/c1-26-18-10-6-5-9-17(18)25-21(26)19-14-8-4-2-3-7-13(14)15(11-22)20(24)16(19)12-23/h5-6,9-10H,2-4,7-8,24H2,1H3. The normalized spacial score (nSPS) is 13.7. The molecule has 0 aliphatic heterocycles. The lowest BCUT2D eigenvalue weighted by Crippen LogP contribution is -2.09. The van der Waals surface area contributed by atoms with E-state index in [-0.39, 0.29) is 5.69 Å². The van der Waals surface area contributed by atoms with Crippen LogP contribution in [0.1, 0.15) is 41.5 Å². The Morgan fingerprint density at radius 3 is 2.38 bits per heavy atom. The lowest BCUT2D eigenvalue weighted by molar-refractivity contribution is 0.711. The van der Waals surface area contributed by atoms with Gasteiger partial charge in [-0.3, -0.25) is 0 Å². The lowest BCUT2D eigenvalue weighted by Gasteiger charge is -2.18. The summed E-state index contributed by atoms with van der Waals surface area (Å²) in [4.78, 5) is 4.80. The molecule has 2 aromatic carbocycles. The maximum absolute atomic E-state index is 9.84. The average molecular weight is 341 g/mol. The molecule has 0 bridgehead atoms. The summed E-state index contributed by atoms with van der Waals surface area (Å²) in [7, 11) is 1.96. The monoisotopic (exact) mass is 341 g/mol. The predicted molar refractivity (Wildman–Crippen MR) is 101 cm³/mol. The molecule has 128 valence electrons. The van der Waals surface area contributed by atoms with E-state index < -0.39 is 0 Å². The number of anilines is 1. The molecule has 3 aromatic rings. The summed E-state index contributed by atoms with van der Waals surface area (Å²) in [6, 6.07) is 12.4. The van der Waals surface area contributed by atoms with Crippen LogP contribution in [0.25, 0.3) is 22.4 Å². The molecular formula is C21H19N5. The molecule has 1 aliphatic rings. The molecule has 0 amide bonds. The number of nitrogens with two attached hydrogens (primary N) is 1. The number of nitrogen functional groups attached to an aromatic ring is 1. The molecule has 2 N–H and O–H groups in total. The lowest BCUT2D eigenvalue weighted by atomic mass is 9.87. The Kier molecular flexibility index (Phi) is 3.86. The summed E-state index contributed by atoms with van der Waals surface area (Å²) < 4.78 is 2.02. The maximum atomic E-state index is 9.84. The average Bonchev–Trinajstić information content (AvgIpc) is 2.82. The van der Waals surface area contributed by atoms with E-state index in [0.29, 0.717) is 11.1 Å². The van der Waals surface area contributed by atoms with Crippen LogP contribution in [0.2, 0.25) is 0 Å². The number of nitriles is 2. The van der Waals surface area contributed by atoms with E-state index in [9.17, 15) is 10.5 Å². The van der Waals surface area contributed by atoms with Crippen LogP contribution in [0.4, 0.5) is 5.69 Å². The number of rotatable bonds is 1. The van der Waals surface area contributed by atoms with Gasteiger partial charge in [0.25, 0.3) is 0 Å². The Morgan fingerprint density at radius 2 is 1.69 bits per heavy atom. The predicted octanol–water partition coefficient (Wildman–Crippen LogP) is 3.83. The summed E-state index contributed by atoms with van der Waals surface area (Å²) in [6.45, 7) is 0. The fraction of sp³-hybridized carbons (Fsp3) is 0.286. The van der Waals surface area contributed by atoms with Crippen molar-refractivity contribution in [3.05, 3.63) is 46.5 Å². The highest BCUT2D eigenvalue weighted by atomic mass is 15.1. The molecule has 26 heavy (non-hydrogen) atoms. The molecule has 0 unspecified atom stereocenters. The molecule has 5 heteroatoms. The molecule has 0 radical (unpaired) electrons. The largest absolute Gasteiger partial charge is 0.397 e. The van der Waals surface area contributed by atoms with Crippen LogP contribution in [0, 0.1) is 22.7 Å². The van der Waals surface area contributed by atoms with E-state index in [0.717, 1.165) is 65.7 Å². The van der Waals surface area contributed by atoms with Crippen LogP contribution in [0.15, 0.2) is 24.3 Å². The minimum atomic E-state index is 0.290. The Balaban J connectivity index is 2.13. The Labute approximate surface area is 152 Å². The molecule has 0 fully saturated rings. The third-order valence-electron chi connectivity index (χ3n) is 5.34. The number of aryl methyl sites for hydroxylation is 1. The fourth-order valence-corrected chi connectivity index (χ4v) is 4.07. The molecule has 5 nitrogen and oxygen atoms in total. The molecule has 4 rings (SSSR count). The van der Waals surface area contributed by atoms with Crippen LogP contribution in [-0.2, 0) is 19.9 Å². The van der Waals surface area contributed by atoms with Crippen molar-refractivity contribution in [2.24, 2.45) is 7.05 Å². The molecule has 0 saturated carbocycles. The second-order valence-electron chi connectivity index (χ2n) is 6.76. The third kappa shape index (κ3) is 2.25. The number of fused-ring (bicyclic) bond motifs is 2. The van der Waals surface area contributed by atoms with Gasteiger partial charge in [0.2, 0.25) is 0 Å². The molecule has 0 atom stereocenters. The number of imidazole rings is 1. The van der Waals surface area contributed by atoms with Crippen molar-refractivity contribution in [2.45, 2.75) is 32.1 Å². The van der Waals surface area contributed by atoms with Gasteiger partial charge in [0, 0.05) is 12.6 Å². The number of nitrogens with zero attached hydrogens (tertiary/aromatic N) is 4. The number of hydrogen-bond acceptors (Lipinski definition) is 4.